The van der Waals surface area contributed by atoms with Crippen LogP contribution in [-0.2, 0) is 0 Å². The highest BCUT2D eigenvalue weighted by atomic mass is 16.5. The van der Waals surface area contributed by atoms with E-state index < -0.39 is 5.91 Å². The molecule has 1 aliphatic rings. The standard InChI is InChI=1S/C14H16N2O3.C3H7N/c1-8(2)19-12-7-10-9(6-11(12)13(15)17)4-5-16-14(10)18-3;1-2-4-3-1/h4-8H,1-3H3,(H2,15,17);4H,1-3H2. The van der Waals surface area contributed by atoms with Crippen molar-refractivity contribution in [2.75, 3.05) is 20.2 Å². The summed E-state index contributed by atoms with van der Waals surface area (Å²) in [6, 6.07) is 5.23. The van der Waals surface area contributed by atoms with Gasteiger partial charge >= 0.3 is 0 Å². The van der Waals surface area contributed by atoms with Crippen LogP contribution in [0.25, 0.3) is 10.8 Å². The van der Waals surface area contributed by atoms with Crippen LogP contribution in [0.15, 0.2) is 24.4 Å². The van der Waals surface area contributed by atoms with Gasteiger partial charge in [-0.1, -0.05) is 0 Å². The minimum atomic E-state index is -0.520. The second kappa shape index (κ2) is 7.78. The summed E-state index contributed by atoms with van der Waals surface area (Å²) >= 11 is 0. The lowest BCUT2D eigenvalue weighted by Crippen LogP contribution is -2.29. The van der Waals surface area contributed by atoms with Crippen molar-refractivity contribution in [3.63, 3.8) is 0 Å². The smallest absolute Gasteiger partial charge is 0.252 e. The first-order valence-electron chi connectivity index (χ1n) is 7.67. The number of rotatable bonds is 4. The number of benzene rings is 1. The number of hydrogen-bond donors (Lipinski definition) is 2. The quantitative estimate of drug-likeness (QED) is 0.902. The molecule has 124 valence electrons. The molecule has 3 rings (SSSR count). The van der Waals surface area contributed by atoms with E-state index in [1.807, 2.05) is 13.8 Å². The molecule has 0 saturated carbocycles. The lowest BCUT2D eigenvalue weighted by Gasteiger charge is -2.14. The van der Waals surface area contributed by atoms with Gasteiger partial charge in [-0.25, -0.2) is 4.98 Å². The molecule has 1 saturated heterocycles. The summed E-state index contributed by atoms with van der Waals surface area (Å²) in [4.78, 5) is 15.6. The molecule has 23 heavy (non-hydrogen) atoms. The Morgan fingerprint density at radius 1 is 1.35 bits per heavy atom. The predicted octanol–water partition coefficient (Wildman–Crippen LogP) is 2.11. The first kappa shape index (κ1) is 17.0. The zero-order chi connectivity index (χ0) is 16.8. The molecule has 0 aliphatic carbocycles. The summed E-state index contributed by atoms with van der Waals surface area (Å²) < 4.78 is 10.8. The minimum Gasteiger partial charge on any atom is -0.490 e. The van der Waals surface area contributed by atoms with E-state index in [1.54, 1.807) is 31.5 Å². The van der Waals surface area contributed by atoms with Gasteiger partial charge < -0.3 is 20.5 Å². The number of nitrogens with two attached hydrogens (primary N) is 1. The molecule has 1 amide bonds. The molecular weight excluding hydrogens is 294 g/mol. The lowest BCUT2D eigenvalue weighted by atomic mass is 10.1. The van der Waals surface area contributed by atoms with Crippen molar-refractivity contribution in [3.05, 3.63) is 30.0 Å². The molecule has 1 aromatic carbocycles. The average molecular weight is 317 g/mol. The zero-order valence-corrected chi connectivity index (χ0v) is 13.8. The molecule has 6 heteroatoms. The summed E-state index contributed by atoms with van der Waals surface area (Å²) in [5, 5.41) is 4.72. The molecule has 1 aromatic heterocycles. The Bertz CT molecular complexity index is 678. The van der Waals surface area contributed by atoms with Crippen LogP contribution < -0.4 is 20.5 Å². The van der Waals surface area contributed by atoms with E-state index in [-0.39, 0.29) is 6.10 Å². The van der Waals surface area contributed by atoms with Gasteiger partial charge in [-0.05, 0) is 56.9 Å². The van der Waals surface area contributed by atoms with Crippen LogP contribution in [0.2, 0.25) is 0 Å². The predicted molar refractivity (Wildman–Crippen MR) is 90.1 cm³/mol. The Kier molecular flexibility index (Phi) is 5.76. The molecule has 2 aromatic rings. The Hall–Kier alpha value is -2.34. The van der Waals surface area contributed by atoms with Crippen LogP contribution in [0, 0.1) is 0 Å². The van der Waals surface area contributed by atoms with Gasteiger partial charge in [0.2, 0.25) is 5.88 Å². The van der Waals surface area contributed by atoms with E-state index >= 15 is 0 Å². The lowest BCUT2D eigenvalue weighted by molar-refractivity contribution is 0.0995. The van der Waals surface area contributed by atoms with Gasteiger partial charge in [-0.2, -0.15) is 0 Å². The molecule has 3 N–H and O–H groups in total. The number of carbonyl (C=O) groups is 1. The van der Waals surface area contributed by atoms with Gasteiger partial charge in [0.25, 0.3) is 5.91 Å². The number of ether oxygens (including phenoxy) is 2. The maximum absolute atomic E-state index is 11.5. The number of nitrogens with zero attached hydrogens (tertiary/aromatic N) is 1. The highest BCUT2D eigenvalue weighted by Crippen LogP contribution is 2.31. The Morgan fingerprint density at radius 3 is 2.48 bits per heavy atom. The van der Waals surface area contributed by atoms with Gasteiger partial charge in [-0.3, -0.25) is 4.79 Å². The van der Waals surface area contributed by atoms with Gasteiger partial charge in [0.15, 0.2) is 0 Å². The van der Waals surface area contributed by atoms with E-state index in [4.69, 9.17) is 15.2 Å². The van der Waals surface area contributed by atoms with E-state index in [0.717, 1.165) is 10.8 Å². The van der Waals surface area contributed by atoms with Crippen molar-refractivity contribution in [1.29, 1.82) is 0 Å². The number of primary amides is 1. The van der Waals surface area contributed by atoms with E-state index in [1.165, 1.54) is 19.5 Å². The molecular formula is C17H23N3O3. The highest BCUT2D eigenvalue weighted by molar-refractivity contribution is 6.01. The summed E-state index contributed by atoms with van der Waals surface area (Å²) in [5.41, 5.74) is 5.74. The normalized spacial score (nSPS) is 13.0. The Labute approximate surface area is 136 Å². The van der Waals surface area contributed by atoms with E-state index in [2.05, 4.69) is 10.3 Å². The fraction of sp³-hybridized carbons (Fsp3) is 0.412. The number of pyridine rings is 1. The molecule has 1 aliphatic heterocycles. The largest absolute Gasteiger partial charge is 0.490 e. The monoisotopic (exact) mass is 317 g/mol. The molecule has 2 heterocycles. The highest BCUT2D eigenvalue weighted by Gasteiger charge is 2.14. The molecule has 0 radical (unpaired) electrons. The summed E-state index contributed by atoms with van der Waals surface area (Å²) in [7, 11) is 1.55. The summed E-state index contributed by atoms with van der Waals surface area (Å²) in [6.07, 6.45) is 2.95. The topological polar surface area (TPSA) is 86.5 Å². The third-order valence-corrected chi connectivity index (χ3v) is 3.36. The van der Waals surface area contributed by atoms with E-state index in [9.17, 15) is 4.79 Å². The van der Waals surface area contributed by atoms with Gasteiger partial charge in [0.05, 0.1) is 18.8 Å². The second-order valence-electron chi connectivity index (χ2n) is 5.52. The Balaban J connectivity index is 0.000000417. The fourth-order valence-corrected chi connectivity index (χ4v) is 2.06. The number of amides is 1. The van der Waals surface area contributed by atoms with Gasteiger partial charge in [-0.15, -0.1) is 0 Å². The summed E-state index contributed by atoms with van der Waals surface area (Å²) in [5.74, 6) is 0.414. The van der Waals surface area contributed by atoms with Crippen molar-refractivity contribution in [3.8, 4) is 11.6 Å². The van der Waals surface area contributed by atoms with Crippen LogP contribution in [0.5, 0.6) is 11.6 Å². The third-order valence-electron chi connectivity index (χ3n) is 3.36. The maximum Gasteiger partial charge on any atom is 0.252 e. The molecule has 6 nitrogen and oxygen atoms in total. The van der Waals surface area contributed by atoms with Crippen molar-refractivity contribution < 1.29 is 14.3 Å². The van der Waals surface area contributed by atoms with Crippen molar-refractivity contribution in [2.45, 2.75) is 26.4 Å². The second-order valence-corrected chi connectivity index (χ2v) is 5.52. The third kappa shape index (κ3) is 4.32. The van der Waals surface area contributed by atoms with E-state index in [0.29, 0.717) is 17.2 Å². The number of methoxy groups -OCH3 is 1. The van der Waals surface area contributed by atoms with Crippen molar-refractivity contribution >= 4 is 16.7 Å². The number of fused-ring (bicyclic) bond motifs is 1. The maximum atomic E-state index is 11.5. The first-order chi connectivity index (χ1) is 11.0. The van der Waals surface area contributed by atoms with Crippen LogP contribution in [0.4, 0.5) is 0 Å². The molecule has 0 bridgehead atoms. The molecule has 0 spiro atoms. The minimum absolute atomic E-state index is 0.0572. The van der Waals surface area contributed by atoms with Crippen molar-refractivity contribution in [2.24, 2.45) is 5.73 Å². The number of nitrogens with one attached hydrogen (secondary N) is 1. The van der Waals surface area contributed by atoms with Crippen LogP contribution in [0.1, 0.15) is 30.6 Å². The molecule has 0 atom stereocenters. The van der Waals surface area contributed by atoms with Crippen LogP contribution in [0.3, 0.4) is 0 Å². The van der Waals surface area contributed by atoms with Crippen LogP contribution in [-0.4, -0.2) is 37.2 Å². The fourth-order valence-electron chi connectivity index (χ4n) is 2.06. The number of carbonyl (C=O) groups excluding carboxylic acids is 1. The van der Waals surface area contributed by atoms with Gasteiger partial charge in [0, 0.05) is 11.6 Å². The van der Waals surface area contributed by atoms with Crippen LogP contribution >= 0.6 is 0 Å². The number of hydrogen-bond acceptors (Lipinski definition) is 5. The average Bonchev–Trinajstić information content (AvgIpc) is 2.43. The van der Waals surface area contributed by atoms with Gasteiger partial charge in [0.1, 0.15) is 5.75 Å². The summed E-state index contributed by atoms with van der Waals surface area (Å²) in [6.45, 7) is 6.27. The SMILES string of the molecule is C1CNC1.COc1nccc2cc(C(N)=O)c(OC(C)C)cc12. The molecule has 1 fully saturated rings. The first-order valence-corrected chi connectivity index (χ1v) is 7.67. The number of aromatic nitrogens is 1. The molecule has 0 unspecified atom stereocenters. The Morgan fingerprint density at radius 2 is 2.00 bits per heavy atom. The van der Waals surface area contributed by atoms with Crippen molar-refractivity contribution in [1.82, 2.24) is 10.3 Å². The zero-order valence-electron chi connectivity index (χ0n) is 13.8.